The largest absolute Gasteiger partial charge is 0.530 e. The summed E-state index contributed by atoms with van der Waals surface area (Å²) in [7, 11) is 0. The molecule has 0 atom stereocenters. The number of rotatable bonds is 4. The molecule has 14 heavy (non-hydrogen) atoms. The Morgan fingerprint density at radius 1 is 1.36 bits per heavy atom. The molecular formula is C11H14NO2-. The zero-order valence-corrected chi connectivity index (χ0v) is 8.27. The second-order valence-electron chi connectivity index (χ2n) is 3.08. The Hall–Kier alpha value is -1.51. The second kappa shape index (κ2) is 5.27. The quantitative estimate of drug-likeness (QED) is 0.711. The van der Waals surface area contributed by atoms with Crippen LogP contribution in [0.1, 0.15) is 12.5 Å². The Kier molecular flexibility index (Phi) is 3.98. The molecular weight excluding hydrogens is 178 g/mol. The highest BCUT2D eigenvalue weighted by Gasteiger charge is 2.00. The van der Waals surface area contributed by atoms with Crippen LogP contribution in [0.3, 0.4) is 0 Å². The minimum absolute atomic E-state index is 0.481. The average molecular weight is 192 g/mol. The lowest BCUT2D eigenvalue weighted by Crippen LogP contribution is -2.42. The third-order valence-electron chi connectivity index (χ3n) is 2.15. The number of hydrogen-bond acceptors (Lipinski definition) is 2. The zero-order valence-electron chi connectivity index (χ0n) is 8.27. The zero-order chi connectivity index (χ0) is 10.4. The molecule has 0 aliphatic heterocycles. The molecule has 0 spiro atoms. The van der Waals surface area contributed by atoms with Crippen molar-refractivity contribution in [3.05, 3.63) is 35.9 Å². The van der Waals surface area contributed by atoms with Crippen molar-refractivity contribution in [2.24, 2.45) is 0 Å². The summed E-state index contributed by atoms with van der Waals surface area (Å²) in [6.07, 6.45) is -0.355. The molecule has 0 saturated carbocycles. The number of carbonyl (C=O) groups is 1. The smallest absolute Gasteiger partial charge is 0.136 e. The lowest BCUT2D eigenvalue weighted by molar-refractivity contribution is -0.265. The summed E-state index contributed by atoms with van der Waals surface area (Å²) in [6.45, 7) is 2.79. The van der Waals surface area contributed by atoms with Gasteiger partial charge in [0.1, 0.15) is 6.09 Å². The summed E-state index contributed by atoms with van der Waals surface area (Å²) < 4.78 is 0. The van der Waals surface area contributed by atoms with Crippen LogP contribution in [0.5, 0.6) is 0 Å². The maximum absolute atomic E-state index is 10.6. The molecule has 0 N–H and O–H groups in total. The maximum atomic E-state index is 10.6. The molecule has 0 fully saturated rings. The highest BCUT2D eigenvalue weighted by molar-refractivity contribution is 5.62. The summed E-state index contributed by atoms with van der Waals surface area (Å²) >= 11 is 0. The Labute approximate surface area is 84.0 Å². The van der Waals surface area contributed by atoms with E-state index in [0.29, 0.717) is 13.1 Å². The minimum atomic E-state index is -1.09. The van der Waals surface area contributed by atoms with E-state index in [-0.39, 0.29) is 0 Å². The normalized spacial score (nSPS) is 9.79. The van der Waals surface area contributed by atoms with Crippen LogP contribution >= 0.6 is 0 Å². The number of amides is 1. The number of carboxylic acid groups (broad SMARTS) is 1. The van der Waals surface area contributed by atoms with Crippen molar-refractivity contribution >= 4 is 6.09 Å². The Balaban J connectivity index is 2.44. The molecule has 1 aromatic carbocycles. The van der Waals surface area contributed by atoms with Gasteiger partial charge in [0, 0.05) is 13.1 Å². The van der Waals surface area contributed by atoms with E-state index in [1.807, 2.05) is 30.3 Å². The summed E-state index contributed by atoms with van der Waals surface area (Å²) in [5, 5.41) is 10.6. The van der Waals surface area contributed by atoms with E-state index in [9.17, 15) is 9.90 Å². The van der Waals surface area contributed by atoms with Gasteiger partial charge in [-0.2, -0.15) is 0 Å². The van der Waals surface area contributed by atoms with Gasteiger partial charge in [0.2, 0.25) is 0 Å². The Morgan fingerprint density at radius 3 is 2.50 bits per heavy atom. The van der Waals surface area contributed by atoms with E-state index >= 15 is 0 Å². The molecule has 3 heteroatoms. The third kappa shape index (κ3) is 3.09. The van der Waals surface area contributed by atoms with Crippen LogP contribution in [0.4, 0.5) is 4.79 Å². The van der Waals surface area contributed by atoms with Gasteiger partial charge in [0.15, 0.2) is 0 Å². The fourth-order valence-electron chi connectivity index (χ4n) is 1.29. The standard InChI is InChI=1S/C11H15NO2/c1-2-12(11(13)14)9-8-10-6-4-3-5-7-10/h3-7H,2,8-9H2,1H3,(H,13,14)/p-1. The van der Waals surface area contributed by atoms with Gasteiger partial charge < -0.3 is 14.8 Å². The van der Waals surface area contributed by atoms with Crippen LogP contribution in [0.2, 0.25) is 0 Å². The lowest BCUT2D eigenvalue weighted by Gasteiger charge is -2.22. The van der Waals surface area contributed by atoms with Gasteiger partial charge in [-0.1, -0.05) is 30.3 Å². The van der Waals surface area contributed by atoms with Crippen molar-refractivity contribution in [1.29, 1.82) is 0 Å². The monoisotopic (exact) mass is 192 g/mol. The topological polar surface area (TPSA) is 43.4 Å². The van der Waals surface area contributed by atoms with Crippen molar-refractivity contribution in [1.82, 2.24) is 4.90 Å². The molecule has 0 aliphatic carbocycles. The average Bonchev–Trinajstić information content (AvgIpc) is 2.20. The van der Waals surface area contributed by atoms with Gasteiger partial charge in [-0.3, -0.25) is 0 Å². The fraction of sp³-hybridized carbons (Fsp3) is 0.364. The molecule has 1 aromatic rings. The van der Waals surface area contributed by atoms with Crippen molar-refractivity contribution in [3.8, 4) is 0 Å². The van der Waals surface area contributed by atoms with Crippen LogP contribution in [0, 0.1) is 0 Å². The molecule has 0 aromatic heterocycles. The lowest BCUT2D eigenvalue weighted by atomic mass is 10.1. The summed E-state index contributed by atoms with van der Waals surface area (Å²) in [5.41, 5.74) is 1.15. The van der Waals surface area contributed by atoms with Crippen molar-refractivity contribution in [2.45, 2.75) is 13.3 Å². The Bertz CT molecular complexity index is 285. The molecule has 76 valence electrons. The van der Waals surface area contributed by atoms with E-state index < -0.39 is 6.09 Å². The van der Waals surface area contributed by atoms with Crippen molar-refractivity contribution in [3.63, 3.8) is 0 Å². The van der Waals surface area contributed by atoms with Gasteiger partial charge in [-0.15, -0.1) is 0 Å². The first-order valence-corrected chi connectivity index (χ1v) is 4.74. The van der Waals surface area contributed by atoms with E-state index in [4.69, 9.17) is 0 Å². The second-order valence-corrected chi connectivity index (χ2v) is 3.08. The van der Waals surface area contributed by atoms with Crippen LogP contribution in [0.15, 0.2) is 30.3 Å². The summed E-state index contributed by atoms with van der Waals surface area (Å²) in [4.78, 5) is 11.9. The first-order chi connectivity index (χ1) is 6.74. The molecule has 1 amide bonds. The first-order valence-electron chi connectivity index (χ1n) is 4.74. The summed E-state index contributed by atoms with van der Waals surface area (Å²) in [5.74, 6) is 0. The van der Waals surface area contributed by atoms with E-state index in [2.05, 4.69) is 0 Å². The van der Waals surface area contributed by atoms with Crippen molar-refractivity contribution in [2.75, 3.05) is 13.1 Å². The van der Waals surface area contributed by atoms with Gasteiger partial charge in [-0.05, 0) is 18.9 Å². The number of nitrogens with zero attached hydrogens (tertiary/aromatic N) is 1. The highest BCUT2D eigenvalue weighted by atomic mass is 16.4. The molecule has 0 saturated heterocycles. The van der Waals surface area contributed by atoms with Crippen LogP contribution in [-0.4, -0.2) is 24.1 Å². The van der Waals surface area contributed by atoms with E-state index in [0.717, 1.165) is 12.0 Å². The van der Waals surface area contributed by atoms with E-state index in [1.54, 1.807) is 6.92 Å². The Morgan fingerprint density at radius 2 is 2.00 bits per heavy atom. The van der Waals surface area contributed by atoms with Crippen molar-refractivity contribution < 1.29 is 9.90 Å². The number of benzene rings is 1. The van der Waals surface area contributed by atoms with Crippen LogP contribution in [-0.2, 0) is 6.42 Å². The predicted octanol–water partition coefficient (Wildman–Crippen LogP) is 0.894. The van der Waals surface area contributed by atoms with Gasteiger partial charge in [0.25, 0.3) is 0 Å². The predicted molar refractivity (Wildman–Crippen MR) is 52.8 cm³/mol. The third-order valence-corrected chi connectivity index (χ3v) is 2.15. The molecule has 0 aliphatic rings. The molecule has 0 unspecified atom stereocenters. The van der Waals surface area contributed by atoms with Crippen LogP contribution in [0.25, 0.3) is 0 Å². The summed E-state index contributed by atoms with van der Waals surface area (Å²) in [6, 6.07) is 9.82. The molecule has 1 rings (SSSR count). The van der Waals surface area contributed by atoms with Gasteiger partial charge >= 0.3 is 0 Å². The van der Waals surface area contributed by atoms with Gasteiger partial charge in [-0.25, -0.2) is 0 Å². The number of hydrogen-bond donors (Lipinski definition) is 0. The van der Waals surface area contributed by atoms with Crippen LogP contribution < -0.4 is 5.11 Å². The minimum Gasteiger partial charge on any atom is -0.530 e. The first kappa shape index (κ1) is 10.6. The highest BCUT2D eigenvalue weighted by Crippen LogP contribution is 2.00. The maximum Gasteiger partial charge on any atom is 0.136 e. The SMILES string of the molecule is CCN(CCc1ccccc1)C(=O)[O-]. The molecule has 0 heterocycles. The molecule has 0 bridgehead atoms. The van der Waals surface area contributed by atoms with E-state index in [1.165, 1.54) is 4.90 Å². The molecule has 3 nitrogen and oxygen atoms in total. The number of carbonyl (C=O) groups excluding carboxylic acids is 1. The van der Waals surface area contributed by atoms with Gasteiger partial charge in [0.05, 0.1) is 0 Å². The fourth-order valence-corrected chi connectivity index (χ4v) is 1.29. The molecule has 0 radical (unpaired) electrons. The number of likely N-dealkylation sites (N-methyl/N-ethyl adjacent to an activating group) is 1.